The Morgan fingerprint density at radius 3 is 2.81 bits per heavy atom. The molecule has 2 atom stereocenters. The summed E-state index contributed by atoms with van der Waals surface area (Å²) in [4.78, 5) is 15.1. The van der Waals surface area contributed by atoms with Crippen molar-refractivity contribution in [3.05, 3.63) is 20.8 Å². The van der Waals surface area contributed by atoms with Crippen LogP contribution in [-0.4, -0.2) is 35.7 Å². The van der Waals surface area contributed by atoms with Crippen LogP contribution in [0.5, 0.6) is 0 Å². The molecule has 0 radical (unpaired) electrons. The summed E-state index contributed by atoms with van der Waals surface area (Å²) in [5, 5.41) is 3.60. The van der Waals surface area contributed by atoms with E-state index >= 15 is 0 Å². The number of halogens is 1. The van der Waals surface area contributed by atoms with Crippen LogP contribution in [0.2, 0.25) is 0 Å². The molecule has 1 N–H and O–H groups in total. The fourth-order valence-electron chi connectivity index (χ4n) is 2.39. The van der Waals surface area contributed by atoms with Crippen molar-refractivity contribution < 1.29 is 9.53 Å². The molecular weight excluding hydrogens is 352 g/mol. The highest BCUT2D eigenvalue weighted by Gasteiger charge is 2.30. The molecule has 2 rings (SSSR count). The maximum absolute atomic E-state index is 12.0. The average Bonchev–Trinajstić information content (AvgIpc) is 2.96. The van der Waals surface area contributed by atoms with Gasteiger partial charge in [-0.05, 0) is 62.2 Å². The second kappa shape index (κ2) is 6.67. The summed E-state index contributed by atoms with van der Waals surface area (Å²) in [6.07, 6.45) is 0.758. The van der Waals surface area contributed by atoms with Crippen LogP contribution in [0.25, 0.3) is 0 Å². The van der Waals surface area contributed by atoms with Gasteiger partial charge in [0, 0.05) is 30.1 Å². The summed E-state index contributed by atoms with van der Waals surface area (Å²) in [5.74, 6) is 0. The Balaban J connectivity index is 1.84. The second-order valence-electron chi connectivity index (χ2n) is 6.44. The van der Waals surface area contributed by atoms with Crippen LogP contribution < -0.4 is 5.32 Å². The third-order valence-corrected chi connectivity index (χ3v) is 5.15. The summed E-state index contributed by atoms with van der Waals surface area (Å²) >= 11 is 5.23. The highest BCUT2D eigenvalue weighted by atomic mass is 79.9. The molecule has 2 heterocycles. The molecule has 0 saturated carbocycles. The van der Waals surface area contributed by atoms with Gasteiger partial charge in [0.1, 0.15) is 5.60 Å². The lowest BCUT2D eigenvalue weighted by Gasteiger charge is -2.25. The summed E-state index contributed by atoms with van der Waals surface area (Å²) in [6.45, 7) is 9.32. The highest BCUT2D eigenvalue weighted by molar-refractivity contribution is 9.11. The van der Waals surface area contributed by atoms with E-state index in [0.717, 1.165) is 16.8 Å². The molecule has 1 aromatic heterocycles. The van der Waals surface area contributed by atoms with E-state index in [2.05, 4.69) is 40.3 Å². The standard InChI is InChI=1S/C15H23BrN2O2S/c1-10(12-5-6-13(16)21-12)17-11-7-8-18(9-11)14(19)20-15(2,3)4/h5-6,10-11,17H,7-9H2,1-4H3. The normalized spacial score (nSPS) is 20.6. The van der Waals surface area contributed by atoms with Crippen molar-refractivity contribution in [2.24, 2.45) is 0 Å². The van der Waals surface area contributed by atoms with Gasteiger partial charge < -0.3 is 15.0 Å². The zero-order valence-electron chi connectivity index (χ0n) is 13.0. The average molecular weight is 375 g/mol. The largest absolute Gasteiger partial charge is 0.444 e. The van der Waals surface area contributed by atoms with E-state index in [1.807, 2.05) is 20.8 Å². The van der Waals surface area contributed by atoms with Crippen LogP contribution in [0.4, 0.5) is 4.79 Å². The molecular formula is C15H23BrN2O2S. The smallest absolute Gasteiger partial charge is 0.410 e. The van der Waals surface area contributed by atoms with E-state index < -0.39 is 5.60 Å². The van der Waals surface area contributed by atoms with E-state index in [4.69, 9.17) is 4.74 Å². The lowest BCUT2D eigenvalue weighted by atomic mass is 10.2. The minimum atomic E-state index is -0.431. The Labute approximate surface area is 139 Å². The van der Waals surface area contributed by atoms with Gasteiger partial charge in [-0.25, -0.2) is 4.79 Å². The molecule has 118 valence electrons. The molecule has 0 bridgehead atoms. The maximum Gasteiger partial charge on any atom is 0.410 e. The summed E-state index contributed by atoms with van der Waals surface area (Å²) in [7, 11) is 0. The van der Waals surface area contributed by atoms with E-state index in [1.54, 1.807) is 16.2 Å². The van der Waals surface area contributed by atoms with E-state index in [0.29, 0.717) is 18.6 Å². The summed E-state index contributed by atoms with van der Waals surface area (Å²) in [6, 6.07) is 4.82. The number of hydrogen-bond donors (Lipinski definition) is 1. The van der Waals surface area contributed by atoms with Gasteiger partial charge in [-0.3, -0.25) is 0 Å². The van der Waals surface area contributed by atoms with Gasteiger partial charge in [-0.15, -0.1) is 11.3 Å². The van der Waals surface area contributed by atoms with E-state index in [9.17, 15) is 4.79 Å². The quantitative estimate of drug-likeness (QED) is 0.862. The first-order chi connectivity index (χ1) is 9.74. The molecule has 1 aromatic rings. The number of carbonyl (C=O) groups is 1. The maximum atomic E-state index is 12.0. The number of ether oxygens (including phenoxy) is 1. The van der Waals surface area contributed by atoms with Crippen LogP contribution in [-0.2, 0) is 4.74 Å². The zero-order valence-corrected chi connectivity index (χ0v) is 15.4. The highest BCUT2D eigenvalue weighted by Crippen LogP contribution is 2.28. The number of likely N-dealkylation sites (tertiary alicyclic amines) is 1. The minimum absolute atomic E-state index is 0.210. The van der Waals surface area contributed by atoms with Crippen LogP contribution in [0, 0.1) is 0 Å². The Hall–Kier alpha value is -0.590. The lowest BCUT2D eigenvalue weighted by molar-refractivity contribution is 0.0290. The molecule has 21 heavy (non-hydrogen) atoms. The number of thiophene rings is 1. The molecule has 6 heteroatoms. The molecule has 1 fully saturated rings. The Morgan fingerprint density at radius 2 is 2.24 bits per heavy atom. The molecule has 1 amide bonds. The SMILES string of the molecule is CC(NC1CCN(C(=O)OC(C)(C)C)C1)c1ccc(Br)s1. The molecule has 0 aliphatic carbocycles. The number of nitrogens with one attached hydrogen (secondary N) is 1. The number of hydrogen-bond acceptors (Lipinski definition) is 4. The van der Waals surface area contributed by atoms with Crippen molar-refractivity contribution >= 4 is 33.4 Å². The Bertz CT molecular complexity index is 498. The van der Waals surface area contributed by atoms with Crippen molar-refractivity contribution in [1.82, 2.24) is 10.2 Å². The van der Waals surface area contributed by atoms with Crippen molar-refractivity contribution in [3.8, 4) is 0 Å². The van der Waals surface area contributed by atoms with Gasteiger partial charge in [-0.2, -0.15) is 0 Å². The fraction of sp³-hybridized carbons (Fsp3) is 0.667. The molecule has 1 saturated heterocycles. The van der Waals surface area contributed by atoms with Crippen LogP contribution in [0.1, 0.15) is 45.0 Å². The van der Waals surface area contributed by atoms with Gasteiger partial charge in [0.2, 0.25) is 0 Å². The number of nitrogens with zero attached hydrogens (tertiary/aromatic N) is 1. The van der Waals surface area contributed by atoms with Crippen molar-refractivity contribution in [2.45, 2.75) is 51.8 Å². The van der Waals surface area contributed by atoms with Crippen molar-refractivity contribution in [3.63, 3.8) is 0 Å². The zero-order chi connectivity index (χ0) is 15.6. The molecule has 4 nitrogen and oxygen atoms in total. The number of carbonyl (C=O) groups excluding carboxylic acids is 1. The van der Waals surface area contributed by atoms with E-state index in [-0.39, 0.29) is 6.09 Å². The van der Waals surface area contributed by atoms with Gasteiger partial charge in [0.15, 0.2) is 0 Å². The third kappa shape index (κ3) is 4.97. The lowest BCUT2D eigenvalue weighted by Crippen LogP contribution is -2.38. The van der Waals surface area contributed by atoms with Gasteiger partial charge >= 0.3 is 6.09 Å². The number of rotatable bonds is 3. The predicted molar refractivity (Wildman–Crippen MR) is 89.8 cm³/mol. The first kappa shape index (κ1) is 16.8. The van der Waals surface area contributed by atoms with Gasteiger partial charge in [0.05, 0.1) is 3.79 Å². The Morgan fingerprint density at radius 1 is 1.52 bits per heavy atom. The summed E-state index contributed by atoms with van der Waals surface area (Å²) in [5.41, 5.74) is -0.431. The fourth-order valence-corrected chi connectivity index (χ4v) is 3.82. The van der Waals surface area contributed by atoms with Crippen LogP contribution in [0.15, 0.2) is 15.9 Å². The van der Waals surface area contributed by atoms with E-state index in [1.165, 1.54) is 4.88 Å². The topological polar surface area (TPSA) is 41.6 Å². The third-order valence-electron chi connectivity index (χ3n) is 3.35. The van der Waals surface area contributed by atoms with Crippen molar-refractivity contribution in [1.29, 1.82) is 0 Å². The van der Waals surface area contributed by atoms with Gasteiger partial charge in [-0.1, -0.05) is 0 Å². The Kier molecular flexibility index (Phi) is 5.33. The monoisotopic (exact) mass is 374 g/mol. The minimum Gasteiger partial charge on any atom is -0.444 e. The van der Waals surface area contributed by atoms with Crippen LogP contribution >= 0.6 is 27.3 Å². The number of amides is 1. The molecule has 1 aliphatic rings. The van der Waals surface area contributed by atoms with Crippen LogP contribution in [0.3, 0.4) is 0 Å². The predicted octanol–water partition coefficient (Wildman–Crippen LogP) is 4.17. The second-order valence-corrected chi connectivity index (χ2v) is 8.94. The molecule has 0 aromatic carbocycles. The summed E-state index contributed by atoms with van der Waals surface area (Å²) < 4.78 is 6.56. The molecule has 0 spiro atoms. The molecule has 2 unspecified atom stereocenters. The first-order valence-electron chi connectivity index (χ1n) is 7.24. The molecule has 1 aliphatic heterocycles. The first-order valence-corrected chi connectivity index (χ1v) is 8.85. The van der Waals surface area contributed by atoms with Crippen molar-refractivity contribution in [2.75, 3.05) is 13.1 Å². The van der Waals surface area contributed by atoms with Gasteiger partial charge in [0.25, 0.3) is 0 Å².